The molecular weight excluding hydrogens is 185 g/mol. The Morgan fingerprint density at radius 3 is 2.79 bits per heavy atom. The summed E-state index contributed by atoms with van der Waals surface area (Å²) in [6.07, 6.45) is 0.758. The molecule has 0 bridgehead atoms. The van der Waals surface area contributed by atoms with E-state index in [-0.39, 0.29) is 5.75 Å². The normalized spacial score (nSPS) is 9.93. The van der Waals surface area contributed by atoms with Crippen molar-refractivity contribution in [3.8, 4) is 11.5 Å². The van der Waals surface area contributed by atoms with Crippen molar-refractivity contribution in [2.75, 3.05) is 20.3 Å². The zero-order valence-electron chi connectivity index (χ0n) is 8.13. The van der Waals surface area contributed by atoms with Crippen LogP contribution in [0.2, 0.25) is 0 Å². The van der Waals surface area contributed by atoms with Crippen molar-refractivity contribution >= 4 is 0 Å². The van der Waals surface area contributed by atoms with Crippen molar-refractivity contribution in [2.45, 2.75) is 6.42 Å². The van der Waals surface area contributed by atoms with Crippen LogP contribution in [0.5, 0.6) is 11.5 Å². The van der Waals surface area contributed by atoms with Gasteiger partial charge in [-0.25, -0.2) is 4.39 Å². The Balaban J connectivity index is 2.57. The number of nitrogens with two attached hydrogens (primary N) is 1. The van der Waals surface area contributed by atoms with Crippen LogP contribution in [0.3, 0.4) is 0 Å². The van der Waals surface area contributed by atoms with Crippen molar-refractivity contribution in [2.24, 2.45) is 5.73 Å². The minimum Gasteiger partial charge on any atom is -0.494 e. The molecule has 0 atom stereocenters. The second kappa shape index (κ2) is 5.44. The lowest BCUT2D eigenvalue weighted by Gasteiger charge is -2.06. The van der Waals surface area contributed by atoms with E-state index in [1.54, 1.807) is 6.07 Å². The Labute approximate surface area is 82.6 Å². The maximum atomic E-state index is 13.1. The molecule has 1 rings (SSSR count). The van der Waals surface area contributed by atoms with Gasteiger partial charge in [0, 0.05) is 6.07 Å². The van der Waals surface area contributed by atoms with E-state index in [9.17, 15) is 4.39 Å². The third-order valence-corrected chi connectivity index (χ3v) is 1.74. The molecule has 4 heteroatoms. The molecule has 0 saturated heterocycles. The highest BCUT2D eigenvalue weighted by molar-refractivity contribution is 5.32. The van der Waals surface area contributed by atoms with Gasteiger partial charge in [0.25, 0.3) is 0 Å². The van der Waals surface area contributed by atoms with Crippen LogP contribution in [-0.2, 0) is 0 Å². The molecule has 0 heterocycles. The lowest BCUT2D eigenvalue weighted by Crippen LogP contribution is -2.06. The van der Waals surface area contributed by atoms with Gasteiger partial charge < -0.3 is 15.2 Å². The predicted molar refractivity (Wildman–Crippen MR) is 52.1 cm³/mol. The second-order valence-electron chi connectivity index (χ2n) is 2.79. The summed E-state index contributed by atoms with van der Waals surface area (Å²) in [4.78, 5) is 0. The zero-order chi connectivity index (χ0) is 10.4. The maximum absolute atomic E-state index is 13.1. The molecule has 0 fully saturated rings. The van der Waals surface area contributed by atoms with Crippen molar-refractivity contribution < 1.29 is 13.9 Å². The first-order chi connectivity index (χ1) is 6.77. The lowest BCUT2D eigenvalue weighted by molar-refractivity contribution is 0.309. The van der Waals surface area contributed by atoms with Crippen LogP contribution in [-0.4, -0.2) is 20.3 Å². The fraction of sp³-hybridized carbons (Fsp3) is 0.400. The topological polar surface area (TPSA) is 44.5 Å². The molecule has 0 spiro atoms. The molecule has 0 aliphatic carbocycles. The number of methoxy groups -OCH3 is 1. The first-order valence-corrected chi connectivity index (χ1v) is 4.44. The molecule has 1 aromatic carbocycles. The summed E-state index contributed by atoms with van der Waals surface area (Å²) >= 11 is 0. The predicted octanol–water partition coefficient (Wildman–Crippen LogP) is 1.56. The standard InChI is InChI=1S/C10H14FNO2/c1-13-10-4-3-8(7-9(10)11)14-6-2-5-12/h3-4,7H,2,5-6,12H2,1H3. The Hall–Kier alpha value is -1.29. The van der Waals surface area contributed by atoms with Gasteiger partial charge >= 0.3 is 0 Å². The fourth-order valence-electron chi connectivity index (χ4n) is 1.01. The van der Waals surface area contributed by atoms with Crippen LogP contribution in [0.15, 0.2) is 18.2 Å². The summed E-state index contributed by atoms with van der Waals surface area (Å²) in [6, 6.07) is 4.50. The molecule has 0 aliphatic rings. The average Bonchev–Trinajstić information content (AvgIpc) is 2.18. The first-order valence-electron chi connectivity index (χ1n) is 4.44. The molecule has 0 amide bonds. The Bertz CT molecular complexity index is 291. The number of halogens is 1. The van der Waals surface area contributed by atoms with E-state index >= 15 is 0 Å². The van der Waals surface area contributed by atoms with Gasteiger partial charge in [-0.05, 0) is 25.1 Å². The van der Waals surface area contributed by atoms with Gasteiger partial charge in [-0.3, -0.25) is 0 Å². The number of ether oxygens (including phenoxy) is 2. The van der Waals surface area contributed by atoms with Crippen LogP contribution < -0.4 is 15.2 Å². The largest absolute Gasteiger partial charge is 0.494 e. The third-order valence-electron chi connectivity index (χ3n) is 1.74. The average molecular weight is 199 g/mol. The van der Waals surface area contributed by atoms with E-state index in [2.05, 4.69) is 0 Å². The number of hydrogen-bond donors (Lipinski definition) is 1. The van der Waals surface area contributed by atoms with Gasteiger partial charge in [-0.2, -0.15) is 0 Å². The summed E-state index contributed by atoms with van der Waals surface area (Å²) in [5, 5.41) is 0. The highest BCUT2D eigenvalue weighted by Crippen LogP contribution is 2.22. The van der Waals surface area contributed by atoms with Crippen molar-refractivity contribution in [3.05, 3.63) is 24.0 Å². The van der Waals surface area contributed by atoms with Crippen LogP contribution in [0.25, 0.3) is 0 Å². The maximum Gasteiger partial charge on any atom is 0.168 e. The highest BCUT2D eigenvalue weighted by Gasteiger charge is 2.03. The van der Waals surface area contributed by atoms with E-state index in [0.29, 0.717) is 18.9 Å². The molecule has 0 aromatic heterocycles. The van der Waals surface area contributed by atoms with Crippen molar-refractivity contribution in [3.63, 3.8) is 0 Å². The van der Waals surface area contributed by atoms with Crippen LogP contribution in [0.4, 0.5) is 4.39 Å². The summed E-state index contributed by atoms with van der Waals surface area (Å²) in [5.41, 5.74) is 5.29. The van der Waals surface area contributed by atoms with Gasteiger partial charge in [0.2, 0.25) is 0 Å². The van der Waals surface area contributed by atoms with Crippen molar-refractivity contribution in [1.82, 2.24) is 0 Å². The lowest BCUT2D eigenvalue weighted by atomic mass is 10.3. The molecular formula is C10H14FNO2. The van der Waals surface area contributed by atoms with E-state index < -0.39 is 5.82 Å². The van der Waals surface area contributed by atoms with Crippen LogP contribution in [0.1, 0.15) is 6.42 Å². The third kappa shape index (κ3) is 2.88. The van der Waals surface area contributed by atoms with Crippen LogP contribution in [0, 0.1) is 5.82 Å². The molecule has 3 nitrogen and oxygen atoms in total. The molecule has 14 heavy (non-hydrogen) atoms. The SMILES string of the molecule is COc1ccc(OCCCN)cc1F. The molecule has 0 saturated carbocycles. The first kappa shape index (κ1) is 10.8. The molecule has 78 valence electrons. The van der Waals surface area contributed by atoms with Gasteiger partial charge in [-0.1, -0.05) is 0 Å². The van der Waals surface area contributed by atoms with Gasteiger partial charge in [0.15, 0.2) is 11.6 Å². The van der Waals surface area contributed by atoms with Gasteiger partial charge in [-0.15, -0.1) is 0 Å². The summed E-state index contributed by atoms with van der Waals surface area (Å²) in [7, 11) is 1.42. The molecule has 1 aromatic rings. The zero-order valence-corrected chi connectivity index (χ0v) is 8.13. The summed E-state index contributed by atoms with van der Waals surface area (Å²) in [5.74, 6) is 0.297. The minimum atomic E-state index is -0.419. The van der Waals surface area contributed by atoms with E-state index in [1.807, 2.05) is 0 Å². The fourth-order valence-corrected chi connectivity index (χ4v) is 1.01. The summed E-state index contributed by atoms with van der Waals surface area (Å²) in [6.45, 7) is 1.07. The Morgan fingerprint density at radius 2 is 2.21 bits per heavy atom. The van der Waals surface area contributed by atoms with E-state index in [1.165, 1.54) is 19.2 Å². The second-order valence-corrected chi connectivity index (χ2v) is 2.79. The minimum absolute atomic E-state index is 0.219. The molecule has 2 N–H and O–H groups in total. The number of hydrogen-bond acceptors (Lipinski definition) is 3. The smallest absolute Gasteiger partial charge is 0.168 e. The Morgan fingerprint density at radius 1 is 1.43 bits per heavy atom. The highest BCUT2D eigenvalue weighted by atomic mass is 19.1. The number of rotatable bonds is 5. The van der Waals surface area contributed by atoms with Crippen molar-refractivity contribution in [1.29, 1.82) is 0 Å². The molecule has 0 unspecified atom stereocenters. The summed E-state index contributed by atoms with van der Waals surface area (Å²) < 4.78 is 23.2. The molecule has 0 aliphatic heterocycles. The quantitative estimate of drug-likeness (QED) is 0.732. The van der Waals surface area contributed by atoms with Gasteiger partial charge in [0.05, 0.1) is 13.7 Å². The Kier molecular flexibility index (Phi) is 4.19. The number of benzene rings is 1. The van der Waals surface area contributed by atoms with E-state index in [4.69, 9.17) is 15.2 Å². The van der Waals surface area contributed by atoms with Crippen LogP contribution >= 0.6 is 0 Å². The molecule has 0 radical (unpaired) electrons. The monoisotopic (exact) mass is 199 g/mol. The van der Waals surface area contributed by atoms with Gasteiger partial charge in [0.1, 0.15) is 5.75 Å². The van der Waals surface area contributed by atoms with E-state index in [0.717, 1.165) is 6.42 Å².